The molecule has 2 unspecified atom stereocenters. The van der Waals surface area contributed by atoms with E-state index in [4.69, 9.17) is 14.2 Å². The van der Waals surface area contributed by atoms with Gasteiger partial charge in [-0.1, -0.05) is 25.1 Å². The van der Waals surface area contributed by atoms with Gasteiger partial charge < -0.3 is 14.2 Å². The zero-order chi connectivity index (χ0) is 19.1. The lowest BCUT2D eigenvalue weighted by Crippen LogP contribution is -2.23. The molecule has 0 aromatic heterocycles. The van der Waals surface area contributed by atoms with Crippen LogP contribution >= 0.6 is 0 Å². The Morgan fingerprint density at radius 1 is 1.08 bits per heavy atom. The van der Waals surface area contributed by atoms with Crippen molar-refractivity contribution >= 4 is 5.97 Å². The molecule has 4 nitrogen and oxygen atoms in total. The standard InChI is InChI=1S/C21H25FO4/c1-5-26-21(23)14(2)18(16-7-9-17(24-3)10-8-16)12-15-6-11-20(25-4)19(22)13-15/h6-11,13-14,18H,5,12H2,1-4H3. The van der Waals surface area contributed by atoms with Crippen LogP contribution in [0.5, 0.6) is 11.5 Å². The summed E-state index contributed by atoms with van der Waals surface area (Å²) in [6, 6.07) is 12.4. The van der Waals surface area contributed by atoms with Crippen molar-refractivity contribution in [1.29, 1.82) is 0 Å². The fourth-order valence-corrected chi connectivity index (χ4v) is 2.96. The summed E-state index contributed by atoms with van der Waals surface area (Å²) < 4.78 is 29.4. The number of rotatable bonds is 8. The van der Waals surface area contributed by atoms with Gasteiger partial charge in [0.2, 0.25) is 0 Å². The van der Waals surface area contributed by atoms with Gasteiger partial charge in [-0.3, -0.25) is 4.79 Å². The van der Waals surface area contributed by atoms with E-state index in [9.17, 15) is 9.18 Å². The highest BCUT2D eigenvalue weighted by Gasteiger charge is 2.27. The first kappa shape index (κ1) is 19.8. The lowest BCUT2D eigenvalue weighted by molar-refractivity contribution is -0.148. The van der Waals surface area contributed by atoms with E-state index in [-0.39, 0.29) is 23.6 Å². The fraction of sp³-hybridized carbons (Fsp3) is 0.381. The summed E-state index contributed by atoms with van der Waals surface area (Å²) in [6.45, 7) is 3.95. The van der Waals surface area contributed by atoms with Crippen LogP contribution in [0.4, 0.5) is 4.39 Å². The minimum Gasteiger partial charge on any atom is -0.497 e. The zero-order valence-corrected chi connectivity index (χ0v) is 15.6. The molecule has 0 heterocycles. The van der Waals surface area contributed by atoms with Crippen molar-refractivity contribution in [2.75, 3.05) is 20.8 Å². The predicted octanol–water partition coefficient (Wildman–Crippen LogP) is 4.37. The molecule has 0 amide bonds. The maximum absolute atomic E-state index is 14.0. The van der Waals surface area contributed by atoms with Crippen LogP contribution in [-0.2, 0) is 16.0 Å². The van der Waals surface area contributed by atoms with Gasteiger partial charge in [0.1, 0.15) is 5.75 Å². The molecule has 5 heteroatoms. The number of carbonyl (C=O) groups excluding carboxylic acids is 1. The first-order valence-corrected chi connectivity index (χ1v) is 8.63. The number of esters is 1. The van der Waals surface area contributed by atoms with E-state index in [0.29, 0.717) is 13.0 Å². The molecule has 0 spiro atoms. The van der Waals surface area contributed by atoms with Crippen LogP contribution < -0.4 is 9.47 Å². The lowest BCUT2D eigenvalue weighted by Gasteiger charge is -2.23. The van der Waals surface area contributed by atoms with Crippen LogP contribution in [0.1, 0.15) is 30.9 Å². The highest BCUT2D eigenvalue weighted by molar-refractivity contribution is 5.73. The molecule has 140 valence electrons. The average molecular weight is 360 g/mol. The molecule has 0 aliphatic carbocycles. The van der Waals surface area contributed by atoms with Crippen LogP contribution in [0.15, 0.2) is 42.5 Å². The van der Waals surface area contributed by atoms with Gasteiger partial charge in [-0.05, 0) is 48.7 Å². The first-order valence-electron chi connectivity index (χ1n) is 8.63. The van der Waals surface area contributed by atoms with Crippen LogP contribution in [0.3, 0.4) is 0 Å². The number of benzene rings is 2. The van der Waals surface area contributed by atoms with Gasteiger partial charge in [0.25, 0.3) is 0 Å². The number of methoxy groups -OCH3 is 2. The zero-order valence-electron chi connectivity index (χ0n) is 15.6. The van der Waals surface area contributed by atoms with Crippen molar-refractivity contribution in [3.8, 4) is 11.5 Å². The van der Waals surface area contributed by atoms with E-state index in [1.807, 2.05) is 37.3 Å². The van der Waals surface area contributed by atoms with Gasteiger partial charge in [-0.15, -0.1) is 0 Å². The summed E-state index contributed by atoms with van der Waals surface area (Å²) in [7, 11) is 3.04. The Morgan fingerprint density at radius 3 is 2.31 bits per heavy atom. The molecule has 26 heavy (non-hydrogen) atoms. The maximum Gasteiger partial charge on any atom is 0.309 e. The van der Waals surface area contributed by atoms with Gasteiger partial charge in [-0.25, -0.2) is 4.39 Å². The topological polar surface area (TPSA) is 44.8 Å². The minimum atomic E-state index is -0.415. The largest absolute Gasteiger partial charge is 0.497 e. The van der Waals surface area contributed by atoms with Crippen LogP contribution in [0.25, 0.3) is 0 Å². The van der Waals surface area contributed by atoms with E-state index in [0.717, 1.165) is 16.9 Å². The van der Waals surface area contributed by atoms with Crippen molar-refractivity contribution in [2.24, 2.45) is 5.92 Å². The number of hydrogen-bond donors (Lipinski definition) is 0. The Hall–Kier alpha value is -2.56. The highest BCUT2D eigenvalue weighted by Crippen LogP contribution is 2.32. The number of carbonyl (C=O) groups is 1. The van der Waals surface area contributed by atoms with E-state index in [2.05, 4.69) is 0 Å². The average Bonchev–Trinajstić information content (AvgIpc) is 2.66. The molecule has 0 aliphatic rings. The SMILES string of the molecule is CCOC(=O)C(C)C(Cc1ccc(OC)c(F)c1)c1ccc(OC)cc1. The molecule has 2 atom stereocenters. The monoisotopic (exact) mass is 360 g/mol. The van der Waals surface area contributed by atoms with Crippen LogP contribution in [0.2, 0.25) is 0 Å². The van der Waals surface area contributed by atoms with Crippen LogP contribution in [0, 0.1) is 11.7 Å². The molecule has 0 saturated heterocycles. The van der Waals surface area contributed by atoms with Gasteiger partial charge in [0.15, 0.2) is 11.6 Å². The second-order valence-corrected chi connectivity index (χ2v) is 6.09. The van der Waals surface area contributed by atoms with Gasteiger partial charge in [-0.2, -0.15) is 0 Å². The summed E-state index contributed by atoms with van der Waals surface area (Å²) in [5, 5.41) is 0. The minimum absolute atomic E-state index is 0.146. The van der Waals surface area contributed by atoms with Crippen molar-refractivity contribution in [1.82, 2.24) is 0 Å². The summed E-state index contributed by atoms with van der Waals surface area (Å²) in [5.41, 5.74) is 1.77. The van der Waals surface area contributed by atoms with E-state index >= 15 is 0 Å². The quantitative estimate of drug-likeness (QED) is 0.656. The molecule has 0 saturated carbocycles. The van der Waals surface area contributed by atoms with Crippen molar-refractivity contribution in [3.05, 3.63) is 59.4 Å². The summed E-state index contributed by atoms with van der Waals surface area (Å²) in [6.07, 6.45) is 0.507. The third kappa shape index (κ3) is 4.75. The van der Waals surface area contributed by atoms with Gasteiger partial charge >= 0.3 is 5.97 Å². The molecule has 2 aromatic carbocycles. The lowest BCUT2D eigenvalue weighted by atomic mass is 9.82. The smallest absolute Gasteiger partial charge is 0.309 e. The molecule has 0 radical (unpaired) electrons. The second-order valence-electron chi connectivity index (χ2n) is 6.09. The van der Waals surface area contributed by atoms with E-state index in [1.165, 1.54) is 13.2 Å². The third-order valence-electron chi connectivity index (χ3n) is 4.48. The Balaban J connectivity index is 2.32. The second kappa shape index (κ2) is 9.22. The first-order chi connectivity index (χ1) is 12.5. The molecular formula is C21H25FO4. The molecule has 2 rings (SSSR count). The summed E-state index contributed by atoms with van der Waals surface area (Å²) >= 11 is 0. The van der Waals surface area contributed by atoms with Crippen LogP contribution in [-0.4, -0.2) is 26.8 Å². The number of ether oxygens (including phenoxy) is 3. The normalized spacial score (nSPS) is 13.0. The molecule has 0 fully saturated rings. The fourth-order valence-electron chi connectivity index (χ4n) is 2.96. The molecule has 0 N–H and O–H groups in total. The summed E-state index contributed by atoms with van der Waals surface area (Å²) in [4.78, 5) is 12.3. The van der Waals surface area contributed by atoms with Gasteiger partial charge in [0, 0.05) is 5.92 Å². The number of halogens is 1. The Morgan fingerprint density at radius 2 is 1.77 bits per heavy atom. The van der Waals surface area contributed by atoms with Crippen molar-refractivity contribution in [3.63, 3.8) is 0 Å². The molecule has 2 aromatic rings. The Bertz CT molecular complexity index is 727. The third-order valence-corrected chi connectivity index (χ3v) is 4.48. The van der Waals surface area contributed by atoms with Crippen molar-refractivity contribution in [2.45, 2.75) is 26.2 Å². The van der Waals surface area contributed by atoms with Crippen molar-refractivity contribution < 1.29 is 23.4 Å². The predicted molar refractivity (Wildman–Crippen MR) is 98.2 cm³/mol. The van der Waals surface area contributed by atoms with E-state index < -0.39 is 5.82 Å². The maximum atomic E-state index is 14.0. The number of hydrogen-bond acceptors (Lipinski definition) is 4. The highest BCUT2D eigenvalue weighted by atomic mass is 19.1. The van der Waals surface area contributed by atoms with Gasteiger partial charge in [0.05, 0.1) is 26.7 Å². The van der Waals surface area contributed by atoms with E-state index in [1.54, 1.807) is 20.1 Å². The molecule has 0 aliphatic heterocycles. The molecule has 0 bridgehead atoms. The summed E-state index contributed by atoms with van der Waals surface area (Å²) in [5.74, 6) is -0.245. The Labute approximate surface area is 153 Å². The Kier molecular flexibility index (Phi) is 7.01. The molecular weight excluding hydrogens is 335 g/mol.